The average Bonchev–Trinajstić information content (AvgIpc) is 2.79. The molecule has 0 spiro atoms. The number of amides is 1. The van der Waals surface area contributed by atoms with Gasteiger partial charge in [0.1, 0.15) is 5.82 Å². The number of carbonyl (C=O) groups excluding carboxylic acids is 1. The number of halogens is 1. The molecule has 0 saturated carbocycles. The number of aliphatic hydroxyl groups excluding tert-OH is 1. The van der Waals surface area contributed by atoms with E-state index >= 15 is 0 Å². The van der Waals surface area contributed by atoms with Crippen LogP contribution in [0.3, 0.4) is 0 Å². The van der Waals surface area contributed by atoms with E-state index in [4.69, 9.17) is 0 Å². The second-order valence-corrected chi connectivity index (χ2v) is 5.58. The summed E-state index contributed by atoms with van der Waals surface area (Å²) in [7, 11) is 0. The van der Waals surface area contributed by atoms with E-state index in [1.54, 1.807) is 19.1 Å². The summed E-state index contributed by atoms with van der Waals surface area (Å²) in [5.41, 5.74) is 1.10. The predicted molar refractivity (Wildman–Crippen MR) is 74.0 cm³/mol. The number of hydrogen-bond acceptors (Lipinski definition) is 3. The highest BCUT2D eigenvalue weighted by molar-refractivity contribution is 5.79. The van der Waals surface area contributed by atoms with Gasteiger partial charge in [0, 0.05) is 37.7 Å². The molecule has 2 fully saturated rings. The summed E-state index contributed by atoms with van der Waals surface area (Å²) < 4.78 is 14.2. The van der Waals surface area contributed by atoms with Gasteiger partial charge in [0.2, 0.25) is 5.91 Å². The molecule has 0 aromatic heterocycles. The molecule has 0 radical (unpaired) electrons. The number of nitrogens with zero attached hydrogens (tertiary/aromatic N) is 2. The van der Waals surface area contributed by atoms with E-state index in [-0.39, 0.29) is 17.8 Å². The number of para-hydroxylation sites is 1. The molecule has 1 aromatic carbocycles. The molecule has 2 saturated heterocycles. The van der Waals surface area contributed by atoms with Crippen molar-refractivity contribution >= 4 is 11.6 Å². The normalized spacial score (nSPS) is 23.9. The summed E-state index contributed by atoms with van der Waals surface area (Å²) in [6, 6.07) is 4.98. The minimum absolute atomic E-state index is 0.178. The molecule has 4 nitrogen and oxygen atoms in total. The summed E-state index contributed by atoms with van der Waals surface area (Å²) in [4.78, 5) is 15.6. The van der Waals surface area contributed by atoms with Crippen LogP contribution < -0.4 is 4.90 Å². The Hall–Kier alpha value is -1.62. The van der Waals surface area contributed by atoms with E-state index in [2.05, 4.69) is 0 Å². The van der Waals surface area contributed by atoms with Gasteiger partial charge in [-0.25, -0.2) is 4.39 Å². The van der Waals surface area contributed by atoms with Crippen molar-refractivity contribution in [1.29, 1.82) is 0 Å². The molecule has 1 N–H and O–H groups in total. The summed E-state index contributed by atoms with van der Waals surface area (Å²) in [5.74, 6) is -0.0971. The number of aliphatic hydroxyl groups is 1. The number of piperazine rings is 1. The molecule has 2 aliphatic heterocycles. The molecule has 1 amide bonds. The van der Waals surface area contributed by atoms with Crippen molar-refractivity contribution in [2.75, 3.05) is 24.5 Å². The third kappa shape index (κ3) is 2.16. The fourth-order valence-corrected chi connectivity index (χ4v) is 3.27. The first kappa shape index (κ1) is 13.4. The van der Waals surface area contributed by atoms with Crippen LogP contribution in [0.1, 0.15) is 31.4 Å². The predicted octanol–water partition coefficient (Wildman–Crippen LogP) is 1.69. The highest BCUT2D eigenvalue weighted by Crippen LogP contribution is 2.33. The first-order valence-electron chi connectivity index (χ1n) is 7.09. The van der Waals surface area contributed by atoms with Crippen molar-refractivity contribution in [3.63, 3.8) is 0 Å². The third-order valence-corrected chi connectivity index (χ3v) is 4.28. The molecular weight excluding hydrogens is 259 g/mol. The van der Waals surface area contributed by atoms with Crippen molar-refractivity contribution in [2.24, 2.45) is 0 Å². The van der Waals surface area contributed by atoms with Gasteiger partial charge in [-0.05, 0) is 19.4 Å². The fourth-order valence-electron chi connectivity index (χ4n) is 3.27. The molecule has 3 rings (SSSR count). The van der Waals surface area contributed by atoms with Crippen LogP contribution in [0.25, 0.3) is 0 Å². The van der Waals surface area contributed by atoms with Crippen LogP contribution in [0.5, 0.6) is 0 Å². The molecule has 1 unspecified atom stereocenters. The summed E-state index contributed by atoms with van der Waals surface area (Å²) in [5, 5.41) is 9.83. The highest BCUT2D eigenvalue weighted by Gasteiger charge is 2.36. The van der Waals surface area contributed by atoms with Crippen LogP contribution in [0.4, 0.5) is 10.1 Å². The van der Waals surface area contributed by atoms with Crippen LogP contribution in [0.15, 0.2) is 18.2 Å². The smallest absolute Gasteiger partial charge is 0.223 e. The van der Waals surface area contributed by atoms with Crippen LogP contribution >= 0.6 is 0 Å². The van der Waals surface area contributed by atoms with Gasteiger partial charge in [-0.15, -0.1) is 0 Å². The van der Waals surface area contributed by atoms with Gasteiger partial charge < -0.3 is 14.9 Å². The van der Waals surface area contributed by atoms with E-state index in [1.807, 2.05) is 9.80 Å². The zero-order valence-electron chi connectivity index (χ0n) is 11.6. The Labute approximate surface area is 117 Å². The van der Waals surface area contributed by atoms with Crippen molar-refractivity contribution in [3.05, 3.63) is 29.6 Å². The van der Waals surface area contributed by atoms with Gasteiger partial charge in [-0.3, -0.25) is 4.79 Å². The lowest BCUT2D eigenvalue weighted by atomic mass is 10.0. The minimum Gasteiger partial charge on any atom is -0.389 e. The minimum atomic E-state index is -0.705. The van der Waals surface area contributed by atoms with Crippen LogP contribution in [0, 0.1) is 5.82 Å². The van der Waals surface area contributed by atoms with Crippen molar-refractivity contribution in [3.8, 4) is 0 Å². The quantitative estimate of drug-likeness (QED) is 0.895. The topological polar surface area (TPSA) is 43.8 Å². The first-order valence-corrected chi connectivity index (χ1v) is 7.09. The van der Waals surface area contributed by atoms with Crippen molar-refractivity contribution in [2.45, 2.75) is 31.9 Å². The maximum Gasteiger partial charge on any atom is 0.223 e. The fraction of sp³-hybridized carbons (Fsp3) is 0.533. The van der Waals surface area contributed by atoms with E-state index in [0.717, 1.165) is 6.42 Å². The van der Waals surface area contributed by atoms with Gasteiger partial charge in [0.05, 0.1) is 11.8 Å². The van der Waals surface area contributed by atoms with Crippen LogP contribution in [-0.4, -0.2) is 41.6 Å². The third-order valence-electron chi connectivity index (χ3n) is 4.28. The molecule has 1 aromatic rings. The van der Waals surface area contributed by atoms with Crippen molar-refractivity contribution in [1.82, 2.24) is 4.90 Å². The van der Waals surface area contributed by atoms with E-state index in [9.17, 15) is 14.3 Å². The average molecular weight is 278 g/mol. The zero-order valence-corrected chi connectivity index (χ0v) is 11.6. The number of rotatable bonds is 2. The van der Waals surface area contributed by atoms with Gasteiger partial charge in [0.25, 0.3) is 0 Å². The number of benzene rings is 1. The van der Waals surface area contributed by atoms with Crippen LogP contribution in [0.2, 0.25) is 0 Å². The van der Waals surface area contributed by atoms with E-state index < -0.39 is 6.10 Å². The lowest BCUT2D eigenvalue weighted by Gasteiger charge is -2.39. The lowest BCUT2D eigenvalue weighted by Crippen LogP contribution is -2.52. The highest BCUT2D eigenvalue weighted by atomic mass is 19.1. The molecule has 108 valence electrons. The zero-order chi connectivity index (χ0) is 14.3. The standard InChI is InChI=1S/C15H19FN2O2/c1-10(19)12-3-2-4-13(16)15(12)17-7-8-18-11(9-17)5-6-14(18)20/h2-4,10-11,19H,5-9H2,1H3/t10-,11?/m1/s1. The summed E-state index contributed by atoms with van der Waals surface area (Å²) >= 11 is 0. The molecule has 5 heteroatoms. The second kappa shape index (κ2) is 5.05. The molecule has 0 aliphatic carbocycles. The van der Waals surface area contributed by atoms with Gasteiger partial charge in [0.15, 0.2) is 0 Å². The molecular formula is C15H19FN2O2. The van der Waals surface area contributed by atoms with Gasteiger partial charge >= 0.3 is 0 Å². The Balaban J connectivity index is 1.89. The summed E-state index contributed by atoms with van der Waals surface area (Å²) in [6.45, 7) is 3.54. The molecule has 20 heavy (non-hydrogen) atoms. The lowest BCUT2D eigenvalue weighted by molar-refractivity contribution is -0.129. The van der Waals surface area contributed by atoms with Gasteiger partial charge in [-0.2, -0.15) is 0 Å². The number of carbonyl (C=O) groups is 1. The largest absolute Gasteiger partial charge is 0.389 e. The van der Waals surface area contributed by atoms with Crippen molar-refractivity contribution < 1.29 is 14.3 Å². The van der Waals surface area contributed by atoms with E-state index in [1.165, 1.54) is 6.07 Å². The second-order valence-electron chi connectivity index (χ2n) is 5.58. The maximum absolute atomic E-state index is 14.2. The molecule has 2 aliphatic rings. The number of hydrogen-bond donors (Lipinski definition) is 1. The van der Waals surface area contributed by atoms with Gasteiger partial charge in [-0.1, -0.05) is 12.1 Å². The first-order chi connectivity index (χ1) is 9.58. The molecule has 2 atom stereocenters. The monoisotopic (exact) mass is 278 g/mol. The van der Waals surface area contributed by atoms with E-state index in [0.29, 0.717) is 37.3 Å². The molecule has 0 bridgehead atoms. The number of fused-ring (bicyclic) bond motifs is 1. The SMILES string of the molecule is C[C@@H](O)c1cccc(F)c1N1CCN2C(=O)CCC2C1. The Kier molecular flexibility index (Phi) is 3.38. The molecule has 2 heterocycles. The Bertz CT molecular complexity index is 533. The number of anilines is 1. The Morgan fingerprint density at radius 2 is 2.20 bits per heavy atom. The van der Waals surface area contributed by atoms with Crippen LogP contribution in [-0.2, 0) is 4.79 Å². The maximum atomic E-state index is 14.2. The Morgan fingerprint density at radius 3 is 2.95 bits per heavy atom. The Morgan fingerprint density at radius 1 is 1.40 bits per heavy atom. The summed E-state index contributed by atoms with van der Waals surface area (Å²) in [6.07, 6.45) is 0.733.